The number of aliphatic carboxylic acids is 1. The van der Waals surface area contributed by atoms with Crippen molar-refractivity contribution >= 4 is 17.7 Å². The molecule has 0 saturated carbocycles. The highest BCUT2D eigenvalue weighted by molar-refractivity contribution is 7.98. The number of hydrogen-bond donors (Lipinski definition) is 1. The quantitative estimate of drug-likeness (QED) is 0.830. The first-order valence-corrected chi connectivity index (χ1v) is 7.67. The van der Waals surface area contributed by atoms with E-state index in [4.69, 9.17) is 0 Å². The lowest BCUT2D eigenvalue weighted by atomic mass is 9.92. The summed E-state index contributed by atoms with van der Waals surface area (Å²) < 4.78 is 0. The summed E-state index contributed by atoms with van der Waals surface area (Å²) in [5.41, 5.74) is 2.16. The van der Waals surface area contributed by atoms with Crippen LogP contribution in [0.4, 0.5) is 0 Å². The van der Waals surface area contributed by atoms with E-state index in [9.17, 15) is 9.90 Å². The fourth-order valence-corrected chi connectivity index (χ4v) is 2.98. The predicted octanol–water partition coefficient (Wildman–Crippen LogP) is 2.42. The summed E-state index contributed by atoms with van der Waals surface area (Å²) in [5.74, 6) is 0.358. The van der Waals surface area contributed by atoms with Crippen molar-refractivity contribution in [3.05, 3.63) is 35.4 Å². The van der Waals surface area contributed by atoms with Gasteiger partial charge in [-0.15, -0.1) is 0 Å². The van der Waals surface area contributed by atoms with Gasteiger partial charge in [0, 0.05) is 13.1 Å². The number of carboxylic acids is 1. The molecule has 1 aliphatic heterocycles. The Kier molecular flexibility index (Phi) is 4.66. The van der Waals surface area contributed by atoms with Gasteiger partial charge >= 0.3 is 5.97 Å². The molecule has 1 aliphatic rings. The maximum absolute atomic E-state index is 11.5. The number of hydrogen-bond acceptors (Lipinski definition) is 3. The van der Waals surface area contributed by atoms with Gasteiger partial charge in [-0.25, -0.2) is 0 Å². The normalized spacial score (nSPS) is 19.5. The molecule has 0 bridgehead atoms. The Labute approximate surface area is 112 Å². The van der Waals surface area contributed by atoms with Crippen molar-refractivity contribution < 1.29 is 9.90 Å². The molecule has 4 heteroatoms. The average molecular weight is 265 g/mol. The van der Waals surface area contributed by atoms with Crippen LogP contribution in [0.2, 0.25) is 0 Å². The minimum atomic E-state index is -0.730. The summed E-state index contributed by atoms with van der Waals surface area (Å²) in [7, 11) is 0. The van der Waals surface area contributed by atoms with E-state index in [1.807, 2.05) is 36.0 Å². The minimum Gasteiger partial charge on any atom is -0.480 e. The van der Waals surface area contributed by atoms with Gasteiger partial charge in [0.05, 0.1) is 0 Å². The molecule has 1 unspecified atom stereocenters. The zero-order valence-electron chi connectivity index (χ0n) is 10.6. The van der Waals surface area contributed by atoms with E-state index in [-0.39, 0.29) is 0 Å². The third kappa shape index (κ3) is 2.87. The molecule has 0 aliphatic carbocycles. The second kappa shape index (κ2) is 6.25. The van der Waals surface area contributed by atoms with Gasteiger partial charge in [0.1, 0.15) is 6.04 Å². The molecule has 1 aromatic rings. The van der Waals surface area contributed by atoms with Crippen molar-refractivity contribution in [3.8, 4) is 0 Å². The van der Waals surface area contributed by atoms with E-state index in [0.29, 0.717) is 0 Å². The first-order valence-electron chi connectivity index (χ1n) is 6.27. The van der Waals surface area contributed by atoms with E-state index in [1.54, 1.807) is 0 Å². The molecular formula is C14H19NO2S. The highest BCUT2D eigenvalue weighted by Crippen LogP contribution is 2.29. The van der Waals surface area contributed by atoms with Crippen LogP contribution < -0.4 is 0 Å². The van der Waals surface area contributed by atoms with Crippen LogP contribution in [0, 0.1) is 0 Å². The third-order valence-corrected chi connectivity index (χ3v) is 4.11. The maximum atomic E-state index is 11.5. The summed E-state index contributed by atoms with van der Waals surface area (Å²) in [6.45, 7) is 1.72. The number of thioether (sulfide) groups is 1. The Bertz CT molecular complexity index is 422. The number of benzene rings is 1. The summed E-state index contributed by atoms with van der Waals surface area (Å²) >= 11 is 1.81. The van der Waals surface area contributed by atoms with Gasteiger partial charge in [-0.3, -0.25) is 9.69 Å². The van der Waals surface area contributed by atoms with Crippen LogP contribution in [0.1, 0.15) is 23.6 Å². The fourth-order valence-electron chi connectivity index (χ4n) is 2.56. The molecular weight excluding hydrogens is 246 g/mol. The van der Waals surface area contributed by atoms with Gasteiger partial charge in [-0.2, -0.15) is 11.8 Å². The van der Waals surface area contributed by atoms with Crippen molar-refractivity contribution in [2.45, 2.75) is 18.9 Å². The number of rotatable bonds is 5. The van der Waals surface area contributed by atoms with Crippen molar-refractivity contribution in [2.75, 3.05) is 25.1 Å². The molecule has 2 rings (SSSR count). The number of fused-ring (bicyclic) bond motifs is 1. The number of nitrogens with zero attached hydrogens (tertiary/aromatic N) is 1. The lowest BCUT2D eigenvalue weighted by Gasteiger charge is -2.34. The molecule has 3 nitrogen and oxygen atoms in total. The summed E-state index contributed by atoms with van der Waals surface area (Å²) in [5, 5.41) is 9.47. The van der Waals surface area contributed by atoms with Crippen molar-refractivity contribution in [2.24, 2.45) is 0 Å². The summed E-state index contributed by atoms with van der Waals surface area (Å²) in [4.78, 5) is 13.6. The van der Waals surface area contributed by atoms with Crippen molar-refractivity contribution in [3.63, 3.8) is 0 Å². The molecule has 0 spiro atoms. The van der Waals surface area contributed by atoms with Crippen LogP contribution in [-0.2, 0) is 11.2 Å². The Balaban J connectivity index is 2.16. The van der Waals surface area contributed by atoms with Crippen LogP contribution in [0.3, 0.4) is 0 Å². The van der Waals surface area contributed by atoms with E-state index in [2.05, 4.69) is 11.2 Å². The molecule has 1 N–H and O–H groups in total. The molecule has 0 saturated heterocycles. The highest BCUT2D eigenvalue weighted by Gasteiger charge is 2.31. The standard InChI is InChI=1S/C14H19NO2S/c1-18-10-4-8-15-9-7-11-5-2-3-6-12(11)13(15)14(16)17/h2-3,5-6,13H,4,7-10H2,1H3,(H,16,17). The maximum Gasteiger partial charge on any atom is 0.325 e. The van der Waals surface area contributed by atoms with Gasteiger partial charge in [0.25, 0.3) is 0 Å². The largest absolute Gasteiger partial charge is 0.480 e. The fraction of sp³-hybridized carbons (Fsp3) is 0.500. The average Bonchev–Trinajstić information content (AvgIpc) is 2.38. The predicted molar refractivity (Wildman–Crippen MR) is 75.1 cm³/mol. The second-order valence-corrected chi connectivity index (χ2v) is 5.56. The second-order valence-electron chi connectivity index (χ2n) is 4.57. The molecule has 98 valence electrons. The van der Waals surface area contributed by atoms with Gasteiger partial charge in [-0.05, 0) is 36.0 Å². The lowest BCUT2D eigenvalue weighted by molar-refractivity contribution is -0.144. The molecule has 0 amide bonds. The smallest absolute Gasteiger partial charge is 0.325 e. The molecule has 1 atom stereocenters. The Morgan fingerprint density at radius 2 is 2.28 bits per heavy atom. The van der Waals surface area contributed by atoms with E-state index >= 15 is 0 Å². The highest BCUT2D eigenvalue weighted by atomic mass is 32.2. The third-order valence-electron chi connectivity index (χ3n) is 3.41. The lowest BCUT2D eigenvalue weighted by Crippen LogP contribution is -2.40. The molecule has 0 fully saturated rings. The Morgan fingerprint density at radius 3 is 3.00 bits per heavy atom. The van der Waals surface area contributed by atoms with E-state index in [1.165, 1.54) is 5.56 Å². The SMILES string of the molecule is CSCCCN1CCc2ccccc2C1C(=O)O. The first kappa shape index (κ1) is 13.4. The van der Waals surface area contributed by atoms with Crippen molar-refractivity contribution in [1.29, 1.82) is 0 Å². The molecule has 18 heavy (non-hydrogen) atoms. The van der Waals surface area contributed by atoms with Crippen LogP contribution in [0.25, 0.3) is 0 Å². The summed E-state index contributed by atoms with van der Waals surface area (Å²) in [6, 6.07) is 7.46. The van der Waals surface area contributed by atoms with Gasteiger partial charge in [0.2, 0.25) is 0 Å². The van der Waals surface area contributed by atoms with Crippen LogP contribution >= 0.6 is 11.8 Å². The number of carbonyl (C=O) groups is 1. The van der Waals surface area contributed by atoms with E-state index < -0.39 is 12.0 Å². The van der Waals surface area contributed by atoms with Gasteiger partial charge < -0.3 is 5.11 Å². The van der Waals surface area contributed by atoms with Crippen molar-refractivity contribution in [1.82, 2.24) is 4.90 Å². The Morgan fingerprint density at radius 1 is 1.50 bits per heavy atom. The zero-order chi connectivity index (χ0) is 13.0. The first-order chi connectivity index (χ1) is 8.74. The van der Waals surface area contributed by atoms with Crippen LogP contribution in [-0.4, -0.2) is 41.1 Å². The molecule has 0 radical (unpaired) electrons. The Hall–Kier alpha value is -1.00. The number of carboxylic acid groups (broad SMARTS) is 1. The minimum absolute atomic E-state index is 0.461. The monoisotopic (exact) mass is 265 g/mol. The van der Waals surface area contributed by atoms with Crippen LogP contribution in [0.5, 0.6) is 0 Å². The van der Waals surface area contributed by atoms with Crippen LogP contribution in [0.15, 0.2) is 24.3 Å². The van der Waals surface area contributed by atoms with Gasteiger partial charge in [0.15, 0.2) is 0 Å². The topological polar surface area (TPSA) is 40.5 Å². The van der Waals surface area contributed by atoms with E-state index in [0.717, 1.165) is 37.2 Å². The molecule has 1 aromatic carbocycles. The summed E-state index contributed by atoms with van der Waals surface area (Å²) in [6.07, 6.45) is 4.09. The van der Waals surface area contributed by atoms with Gasteiger partial charge in [-0.1, -0.05) is 24.3 Å². The molecule has 1 heterocycles. The zero-order valence-corrected chi connectivity index (χ0v) is 11.4. The molecule has 0 aromatic heterocycles.